The minimum Gasteiger partial charge on any atom is -0.350 e. The SMILES string of the molecule is O=C(CNC(=O)c1ccc(C2=NCC(c3cc(Cl)c(Cl)c(Cl)c3)(C(F)(F)F)C2)cc1C(F)(F)F)NC1CSC1. The third kappa shape index (κ3) is 6.13. The van der Waals surface area contributed by atoms with Crippen molar-refractivity contribution in [1.29, 1.82) is 0 Å². The summed E-state index contributed by atoms with van der Waals surface area (Å²) in [5.41, 5.74) is -5.59. The van der Waals surface area contributed by atoms with Gasteiger partial charge >= 0.3 is 12.4 Å². The van der Waals surface area contributed by atoms with Crippen LogP contribution in [0, 0.1) is 0 Å². The summed E-state index contributed by atoms with van der Waals surface area (Å²) in [6, 6.07) is 4.48. The van der Waals surface area contributed by atoms with Crippen LogP contribution in [0.15, 0.2) is 35.3 Å². The summed E-state index contributed by atoms with van der Waals surface area (Å²) in [5.74, 6) is -0.297. The Labute approximate surface area is 237 Å². The van der Waals surface area contributed by atoms with E-state index in [1.54, 1.807) is 11.8 Å². The Morgan fingerprint density at radius 3 is 2.21 bits per heavy atom. The molecular weight excluding hydrogens is 615 g/mol. The van der Waals surface area contributed by atoms with Gasteiger partial charge < -0.3 is 10.6 Å². The lowest BCUT2D eigenvalue weighted by molar-refractivity contribution is -0.183. The Balaban J connectivity index is 1.60. The number of nitrogens with zero attached hydrogens (tertiary/aromatic N) is 1. The summed E-state index contributed by atoms with van der Waals surface area (Å²) in [5, 5.41) is 4.21. The van der Waals surface area contributed by atoms with Gasteiger partial charge in [0.1, 0.15) is 5.41 Å². The van der Waals surface area contributed by atoms with Gasteiger partial charge in [-0.2, -0.15) is 38.1 Å². The number of carbonyl (C=O) groups is 2. The molecule has 2 heterocycles. The second kappa shape index (κ2) is 11.0. The van der Waals surface area contributed by atoms with E-state index in [1.165, 1.54) is 0 Å². The molecule has 0 saturated carbocycles. The monoisotopic (exact) mass is 631 g/mol. The van der Waals surface area contributed by atoms with Crippen LogP contribution < -0.4 is 10.6 Å². The quantitative estimate of drug-likeness (QED) is 0.289. The molecule has 1 saturated heterocycles. The molecule has 1 unspecified atom stereocenters. The van der Waals surface area contributed by atoms with Crippen LogP contribution in [-0.2, 0) is 16.4 Å². The fraction of sp³-hybridized carbons (Fsp3) is 0.375. The number of thioether (sulfide) groups is 1. The average Bonchev–Trinajstić information content (AvgIpc) is 3.29. The number of benzene rings is 2. The molecule has 2 aliphatic rings. The number of halogens is 9. The minimum atomic E-state index is -5.02. The lowest BCUT2D eigenvalue weighted by Gasteiger charge is -2.32. The maximum atomic E-state index is 14.4. The number of alkyl halides is 6. The average molecular weight is 633 g/mol. The summed E-state index contributed by atoms with van der Waals surface area (Å²) in [6.45, 7) is -1.36. The van der Waals surface area contributed by atoms with Crippen molar-refractivity contribution < 1.29 is 35.9 Å². The van der Waals surface area contributed by atoms with E-state index in [2.05, 4.69) is 15.6 Å². The zero-order valence-corrected chi connectivity index (χ0v) is 22.7. The van der Waals surface area contributed by atoms with Crippen LogP contribution in [0.1, 0.15) is 33.5 Å². The molecule has 2 N–H and O–H groups in total. The molecular formula is C24H18Cl3F6N3O2S. The molecule has 39 heavy (non-hydrogen) atoms. The van der Waals surface area contributed by atoms with Gasteiger partial charge in [0.2, 0.25) is 5.91 Å². The van der Waals surface area contributed by atoms with E-state index in [-0.39, 0.29) is 37.9 Å². The second-order valence-corrected chi connectivity index (χ2v) is 11.3. The van der Waals surface area contributed by atoms with E-state index in [1.807, 2.05) is 0 Å². The number of carbonyl (C=O) groups excluding carboxylic acids is 2. The van der Waals surface area contributed by atoms with E-state index in [4.69, 9.17) is 34.8 Å². The van der Waals surface area contributed by atoms with Crippen molar-refractivity contribution >= 4 is 64.1 Å². The molecule has 5 nitrogen and oxygen atoms in total. The van der Waals surface area contributed by atoms with Crippen molar-refractivity contribution in [1.82, 2.24) is 10.6 Å². The topological polar surface area (TPSA) is 70.6 Å². The highest BCUT2D eigenvalue weighted by molar-refractivity contribution is 8.00. The summed E-state index contributed by atoms with van der Waals surface area (Å²) in [7, 11) is 0. The maximum absolute atomic E-state index is 14.4. The molecule has 2 aromatic rings. The van der Waals surface area contributed by atoms with Gasteiger partial charge in [-0.3, -0.25) is 14.6 Å². The number of rotatable bonds is 6. The minimum absolute atomic E-state index is 0.0552. The predicted molar refractivity (Wildman–Crippen MR) is 138 cm³/mol. The molecule has 1 fully saturated rings. The first-order chi connectivity index (χ1) is 18.1. The number of hydrogen-bond donors (Lipinski definition) is 2. The third-order valence-electron chi connectivity index (χ3n) is 6.40. The first-order valence-electron chi connectivity index (χ1n) is 11.2. The molecule has 2 aromatic carbocycles. The van der Waals surface area contributed by atoms with Crippen LogP contribution in [0.4, 0.5) is 26.3 Å². The predicted octanol–water partition coefficient (Wildman–Crippen LogP) is 6.32. The highest BCUT2D eigenvalue weighted by Crippen LogP contribution is 2.50. The zero-order chi connectivity index (χ0) is 28.8. The van der Waals surface area contributed by atoms with Gasteiger partial charge in [0, 0.05) is 29.7 Å². The standard InChI is InChI=1S/C24H18Cl3F6N3O2S/c25-16-4-12(5-17(26)20(16)27)22(24(31,32)33)6-18(35-10-22)11-1-2-14(15(3-11)23(28,29)30)21(38)34-7-19(37)36-13-8-39-9-13/h1-5,13H,6-10H2,(H,34,38)(H,36,37). The lowest BCUT2D eigenvalue weighted by Crippen LogP contribution is -2.47. The Kier molecular flexibility index (Phi) is 8.43. The van der Waals surface area contributed by atoms with Gasteiger partial charge in [-0.25, -0.2) is 0 Å². The van der Waals surface area contributed by atoms with Gasteiger partial charge in [-0.1, -0.05) is 40.9 Å². The van der Waals surface area contributed by atoms with E-state index >= 15 is 0 Å². The van der Waals surface area contributed by atoms with E-state index < -0.39 is 60.2 Å². The van der Waals surface area contributed by atoms with Crippen LogP contribution in [-0.4, -0.2) is 54.3 Å². The lowest BCUT2D eigenvalue weighted by atomic mass is 9.76. The highest BCUT2D eigenvalue weighted by atomic mass is 35.5. The second-order valence-electron chi connectivity index (χ2n) is 9.02. The van der Waals surface area contributed by atoms with Crippen molar-refractivity contribution in [2.45, 2.75) is 30.2 Å². The molecule has 2 aliphatic heterocycles. The molecule has 0 aromatic heterocycles. The number of aliphatic imine (C=N–C) groups is 1. The molecule has 2 amide bonds. The zero-order valence-electron chi connectivity index (χ0n) is 19.6. The third-order valence-corrected chi connectivity index (χ3v) is 8.88. The van der Waals surface area contributed by atoms with E-state index in [0.717, 1.165) is 24.3 Å². The Morgan fingerprint density at radius 2 is 1.67 bits per heavy atom. The molecule has 210 valence electrons. The molecule has 1 atom stereocenters. The first-order valence-corrected chi connectivity index (χ1v) is 13.5. The van der Waals surface area contributed by atoms with Gasteiger partial charge in [-0.05, 0) is 35.4 Å². The van der Waals surface area contributed by atoms with Crippen molar-refractivity contribution in [2.24, 2.45) is 4.99 Å². The van der Waals surface area contributed by atoms with Gasteiger partial charge in [0.25, 0.3) is 5.91 Å². The highest BCUT2D eigenvalue weighted by Gasteiger charge is 2.58. The maximum Gasteiger partial charge on any atom is 0.417 e. The Bertz CT molecular complexity index is 1320. The summed E-state index contributed by atoms with van der Waals surface area (Å²) in [6.07, 6.45) is -10.7. The number of nitrogens with one attached hydrogen (secondary N) is 2. The normalized spacial score (nSPS) is 19.9. The molecule has 15 heteroatoms. The van der Waals surface area contributed by atoms with Gasteiger partial charge in [0.05, 0.1) is 39.3 Å². The molecule has 0 bridgehead atoms. The fourth-order valence-corrected chi connectivity index (χ4v) is 5.44. The number of hydrogen-bond acceptors (Lipinski definition) is 4. The largest absolute Gasteiger partial charge is 0.417 e. The molecule has 0 spiro atoms. The van der Waals surface area contributed by atoms with Crippen molar-refractivity contribution in [2.75, 3.05) is 24.6 Å². The van der Waals surface area contributed by atoms with E-state index in [0.29, 0.717) is 17.6 Å². The smallest absolute Gasteiger partial charge is 0.350 e. The molecule has 0 aliphatic carbocycles. The van der Waals surface area contributed by atoms with Crippen LogP contribution in [0.3, 0.4) is 0 Å². The van der Waals surface area contributed by atoms with Crippen LogP contribution in [0.5, 0.6) is 0 Å². The van der Waals surface area contributed by atoms with Crippen molar-refractivity contribution in [3.8, 4) is 0 Å². The van der Waals surface area contributed by atoms with Crippen molar-refractivity contribution in [3.63, 3.8) is 0 Å². The fourth-order valence-electron chi connectivity index (χ4n) is 4.21. The van der Waals surface area contributed by atoms with Crippen LogP contribution in [0.25, 0.3) is 0 Å². The van der Waals surface area contributed by atoms with E-state index in [9.17, 15) is 35.9 Å². The van der Waals surface area contributed by atoms with Crippen LogP contribution >= 0.6 is 46.6 Å². The Morgan fingerprint density at radius 1 is 1.03 bits per heavy atom. The van der Waals surface area contributed by atoms with Gasteiger partial charge in [0.15, 0.2) is 0 Å². The number of amides is 2. The first kappa shape index (κ1) is 29.8. The van der Waals surface area contributed by atoms with Gasteiger partial charge in [-0.15, -0.1) is 0 Å². The molecule has 4 rings (SSSR count). The summed E-state index contributed by atoms with van der Waals surface area (Å²) in [4.78, 5) is 28.4. The molecule has 0 radical (unpaired) electrons. The Hall–Kier alpha value is -2.15. The summed E-state index contributed by atoms with van der Waals surface area (Å²) >= 11 is 19.4. The van der Waals surface area contributed by atoms with Crippen molar-refractivity contribution in [3.05, 3.63) is 67.7 Å². The summed E-state index contributed by atoms with van der Waals surface area (Å²) < 4.78 is 84.9. The van der Waals surface area contributed by atoms with Crippen LogP contribution in [0.2, 0.25) is 15.1 Å².